The van der Waals surface area contributed by atoms with E-state index < -0.39 is 6.23 Å². The van der Waals surface area contributed by atoms with Crippen LogP contribution in [0.15, 0.2) is 58.8 Å². The Morgan fingerprint density at radius 3 is 1.86 bits per heavy atom. The lowest BCUT2D eigenvalue weighted by atomic mass is 10.2. The standard InChI is InChI=1S/C16H19N3O2/c1-3-19(12(2)20)15-8-4-13(5-9-15)17-18-14-6-10-16(21)11-7-14/h4-12,20-21H,3H2,1-2H3/b18-17-. The molecule has 110 valence electrons. The van der Waals surface area contributed by atoms with E-state index >= 15 is 0 Å². The van der Waals surface area contributed by atoms with E-state index in [1.54, 1.807) is 31.2 Å². The molecule has 2 aromatic rings. The molecule has 0 saturated heterocycles. The molecule has 0 aliphatic heterocycles. The lowest BCUT2D eigenvalue weighted by Crippen LogP contribution is -2.32. The van der Waals surface area contributed by atoms with Gasteiger partial charge in [0.2, 0.25) is 0 Å². The summed E-state index contributed by atoms with van der Waals surface area (Å²) in [5.41, 5.74) is 2.35. The third kappa shape index (κ3) is 4.03. The van der Waals surface area contributed by atoms with E-state index in [0.29, 0.717) is 5.69 Å². The monoisotopic (exact) mass is 285 g/mol. The number of aliphatic hydroxyl groups is 1. The van der Waals surface area contributed by atoms with Gasteiger partial charge >= 0.3 is 0 Å². The number of hydrogen-bond donors (Lipinski definition) is 2. The smallest absolute Gasteiger partial charge is 0.124 e. The average Bonchev–Trinajstić information content (AvgIpc) is 2.48. The quantitative estimate of drug-likeness (QED) is 0.645. The zero-order valence-corrected chi connectivity index (χ0v) is 12.1. The van der Waals surface area contributed by atoms with Gasteiger partial charge in [0.1, 0.15) is 12.0 Å². The highest BCUT2D eigenvalue weighted by Gasteiger charge is 2.08. The second kappa shape index (κ2) is 6.85. The summed E-state index contributed by atoms with van der Waals surface area (Å²) in [6, 6.07) is 14.0. The normalized spacial score (nSPS) is 12.5. The maximum atomic E-state index is 9.67. The molecule has 0 saturated carbocycles. The van der Waals surface area contributed by atoms with E-state index in [9.17, 15) is 10.2 Å². The number of rotatable bonds is 5. The maximum absolute atomic E-state index is 9.67. The Morgan fingerprint density at radius 2 is 1.43 bits per heavy atom. The minimum absolute atomic E-state index is 0.205. The van der Waals surface area contributed by atoms with E-state index in [1.807, 2.05) is 36.1 Å². The molecule has 1 atom stereocenters. The molecule has 2 rings (SSSR count). The number of azo groups is 1. The Morgan fingerprint density at radius 1 is 0.952 bits per heavy atom. The first-order valence-corrected chi connectivity index (χ1v) is 6.85. The molecule has 0 aliphatic carbocycles. The molecule has 0 aromatic heterocycles. The van der Waals surface area contributed by atoms with Crippen LogP contribution in [0.4, 0.5) is 17.1 Å². The van der Waals surface area contributed by atoms with Crippen LogP contribution in [0.3, 0.4) is 0 Å². The second-order valence-electron chi connectivity index (χ2n) is 4.65. The lowest BCUT2D eigenvalue weighted by molar-refractivity contribution is 0.190. The molecule has 0 spiro atoms. The van der Waals surface area contributed by atoms with Crippen molar-refractivity contribution in [3.05, 3.63) is 48.5 Å². The number of benzene rings is 2. The first-order valence-electron chi connectivity index (χ1n) is 6.85. The predicted octanol–water partition coefficient (Wildman–Crippen LogP) is 3.97. The van der Waals surface area contributed by atoms with Crippen LogP contribution in [0.1, 0.15) is 13.8 Å². The molecule has 2 N–H and O–H groups in total. The van der Waals surface area contributed by atoms with Gasteiger partial charge in [0, 0.05) is 12.2 Å². The van der Waals surface area contributed by atoms with Crippen molar-refractivity contribution in [3.63, 3.8) is 0 Å². The van der Waals surface area contributed by atoms with Crippen LogP contribution in [-0.4, -0.2) is 23.0 Å². The van der Waals surface area contributed by atoms with Crippen molar-refractivity contribution in [1.29, 1.82) is 0 Å². The molecule has 2 aromatic carbocycles. The lowest BCUT2D eigenvalue weighted by Gasteiger charge is -2.26. The van der Waals surface area contributed by atoms with Crippen LogP contribution in [0.5, 0.6) is 5.75 Å². The fourth-order valence-electron chi connectivity index (χ4n) is 2.01. The first kappa shape index (κ1) is 15.0. The Bertz CT molecular complexity index is 592. The van der Waals surface area contributed by atoms with Gasteiger partial charge in [-0.05, 0) is 62.4 Å². The zero-order valence-electron chi connectivity index (χ0n) is 12.1. The topological polar surface area (TPSA) is 68.4 Å². The molecule has 1 unspecified atom stereocenters. The van der Waals surface area contributed by atoms with Gasteiger partial charge < -0.3 is 15.1 Å². The number of hydrogen-bond acceptors (Lipinski definition) is 5. The predicted molar refractivity (Wildman–Crippen MR) is 83.4 cm³/mol. The Labute approximate surface area is 124 Å². The number of anilines is 1. The third-order valence-electron chi connectivity index (χ3n) is 3.10. The van der Waals surface area contributed by atoms with Crippen LogP contribution in [-0.2, 0) is 0 Å². The molecule has 0 amide bonds. The van der Waals surface area contributed by atoms with Crippen molar-refractivity contribution in [2.45, 2.75) is 20.1 Å². The first-order chi connectivity index (χ1) is 10.1. The third-order valence-corrected chi connectivity index (χ3v) is 3.10. The molecule has 0 fully saturated rings. The molecule has 5 heteroatoms. The van der Waals surface area contributed by atoms with Crippen molar-refractivity contribution in [3.8, 4) is 5.75 Å². The van der Waals surface area contributed by atoms with Crippen LogP contribution in [0.25, 0.3) is 0 Å². The van der Waals surface area contributed by atoms with Gasteiger partial charge in [-0.1, -0.05) is 0 Å². The SMILES string of the molecule is CCN(c1ccc(/N=N\c2ccc(O)cc2)cc1)C(C)O. The van der Waals surface area contributed by atoms with E-state index in [1.165, 1.54) is 0 Å². The van der Waals surface area contributed by atoms with Crippen molar-refractivity contribution < 1.29 is 10.2 Å². The average molecular weight is 285 g/mol. The van der Waals surface area contributed by atoms with Gasteiger partial charge in [-0.2, -0.15) is 10.2 Å². The molecule has 0 aliphatic rings. The van der Waals surface area contributed by atoms with E-state index in [0.717, 1.165) is 17.9 Å². The van der Waals surface area contributed by atoms with Gasteiger partial charge in [0.25, 0.3) is 0 Å². The summed E-state index contributed by atoms with van der Waals surface area (Å²) in [6.45, 7) is 4.46. The highest BCUT2D eigenvalue weighted by Crippen LogP contribution is 2.23. The molecule has 0 radical (unpaired) electrons. The summed E-state index contributed by atoms with van der Waals surface area (Å²) in [6.07, 6.45) is -0.528. The summed E-state index contributed by atoms with van der Waals surface area (Å²) >= 11 is 0. The summed E-state index contributed by atoms with van der Waals surface area (Å²) in [4.78, 5) is 1.88. The molecule has 0 heterocycles. The summed E-state index contributed by atoms with van der Waals surface area (Å²) in [7, 11) is 0. The summed E-state index contributed by atoms with van der Waals surface area (Å²) in [5, 5.41) is 27.1. The summed E-state index contributed by atoms with van der Waals surface area (Å²) < 4.78 is 0. The Balaban J connectivity index is 2.10. The van der Waals surface area contributed by atoms with Gasteiger partial charge in [-0.15, -0.1) is 0 Å². The van der Waals surface area contributed by atoms with Gasteiger partial charge in [0.05, 0.1) is 11.4 Å². The molecular weight excluding hydrogens is 266 g/mol. The highest BCUT2D eigenvalue weighted by molar-refractivity contribution is 5.53. The number of aromatic hydroxyl groups is 1. The van der Waals surface area contributed by atoms with Crippen LogP contribution < -0.4 is 4.90 Å². The van der Waals surface area contributed by atoms with Crippen molar-refractivity contribution in [1.82, 2.24) is 0 Å². The van der Waals surface area contributed by atoms with Crippen molar-refractivity contribution in [2.24, 2.45) is 10.2 Å². The van der Waals surface area contributed by atoms with Crippen LogP contribution >= 0.6 is 0 Å². The Hall–Kier alpha value is -2.40. The molecule has 0 bridgehead atoms. The number of nitrogens with zero attached hydrogens (tertiary/aromatic N) is 3. The zero-order chi connectivity index (χ0) is 15.2. The van der Waals surface area contributed by atoms with E-state index in [2.05, 4.69) is 10.2 Å². The van der Waals surface area contributed by atoms with E-state index in [4.69, 9.17) is 0 Å². The largest absolute Gasteiger partial charge is 0.508 e. The molecule has 5 nitrogen and oxygen atoms in total. The minimum Gasteiger partial charge on any atom is -0.508 e. The van der Waals surface area contributed by atoms with Crippen LogP contribution in [0, 0.1) is 0 Å². The maximum Gasteiger partial charge on any atom is 0.124 e. The molecular formula is C16H19N3O2. The fraction of sp³-hybridized carbons (Fsp3) is 0.250. The van der Waals surface area contributed by atoms with Gasteiger partial charge in [-0.25, -0.2) is 0 Å². The fourth-order valence-corrected chi connectivity index (χ4v) is 2.01. The van der Waals surface area contributed by atoms with Crippen LogP contribution in [0.2, 0.25) is 0 Å². The Kier molecular flexibility index (Phi) is 4.90. The number of phenolic OH excluding ortho intramolecular Hbond substituents is 1. The second-order valence-corrected chi connectivity index (χ2v) is 4.65. The highest BCUT2D eigenvalue weighted by atomic mass is 16.3. The number of phenols is 1. The van der Waals surface area contributed by atoms with Crippen molar-refractivity contribution in [2.75, 3.05) is 11.4 Å². The number of aliphatic hydroxyl groups excluding tert-OH is 1. The van der Waals surface area contributed by atoms with Crippen molar-refractivity contribution >= 4 is 17.1 Å². The summed E-state index contributed by atoms with van der Waals surface area (Å²) in [5.74, 6) is 0.205. The molecule has 21 heavy (non-hydrogen) atoms. The minimum atomic E-state index is -0.528. The van der Waals surface area contributed by atoms with Gasteiger partial charge in [0.15, 0.2) is 0 Å². The van der Waals surface area contributed by atoms with E-state index in [-0.39, 0.29) is 5.75 Å². The van der Waals surface area contributed by atoms with Gasteiger partial charge in [-0.3, -0.25) is 0 Å².